The largest absolute Gasteiger partial charge is 0.248 e. The van der Waals surface area contributed by atoms with Gasteiger partial charge < -0.3 is 0 Å². The van der Waals surface area contributed by atoms with Gasteiger partial charge in [-0.2, -0.15) is 0 Å². The second-order valence-electron chi connectivity index (χ2n) is 3.05. The zero-order chi connectivity index (χ0) is 9.47. The Morgan fingerprint density at radius 1 is 1.62 bits per heavy atom. The van der Waals surface area contributed by atoms with E-state index >= 15 is 0 Å². The van der Waals surface area contributed by atoms with Crippen molar-refractivity contribution in [2.45, 2.75) is 12.5 Å². The molecule has 13 heavy (non-hydrogen) atoms. The fourth-order valence-electron chi connectivity index (χ4n) is 1.41. The van der Waals surface area contributed by atoms with E-state index in [-0.39, 0.29) is 17.5 Å². The van der Waals surface area contributed by atoms with E-state index in [1.54, 1.807) is 11.0 Å². The Morgan fingerprint density at radius 3 is 2.85 bits per heavy atom. The Morgan fingerprint density at radius 2 is 2.38 bits per heavy atom. The molecule has 7 heteroatoms. The van der Waals surface area contributed by atoms with Gasteiger partial charge in [-0.05, 0) is 6.42 Å². The standard InChI is InChI=1S/C6H8IN3O2S/c7-6-8-4-10(9-6)5-1-2-13(11,12)3-5/h4-5H,1-3H2/t5-/m1/s1. The predicted molar refractivity (Wildman–Crippen MR) is 55.0 cm³/mol. The van der Waals surface area contributed by atoms with Crippen LogP contribution in [-0.4, -0.2) is 34.7 Å². The van der Waals surface area contributed by atoms with Crippen LogP contribution in [0.4, 0.5) is 0 Å². The Bertz CT molecular complexity index is 413. The van der Waals surface area contributed by atoms with Gasteiger partial charge in [0, 0.05) is 22.6 Å². The highest BCUT2D eigenvalue weighted by Gasteiger charge is 2.29. The molecule has 0 unspecified atom stereocenters. The number of sulfone groups is 1. The van der Waals surface area contributed by atoms with Gasteiger partial charge in [-0.3, -0.25) is 0 Å². The van der Waals surface area contributed by atoms with Gasteiger partial charge in [0.1, 0.15) is 6.33 Å². The molecule has 1 saturated heterocycles. The first-order valence-corrected chi connectivity index (χ1v) is 6.74. The summed E-state index contributed by atoms with van der Waals surface area (Å²) in [5.41, 5.74) is 0. The highest BCUT2D eigenvalue weighted by molar-refractivity contribution is 14.1. The van der Waals surface area contributed by atoms with E-state index in [2.05, 4.69) is 10.1 Å². The molecule has 0 aliphatic carbocycles. The molecule has 72 valence electrons. The Labute approximate surface area is 89.6 Å². The van der Waals surface area contributed by atoms with Crippen LogP contribution in [0.1, 0.15) is 12.5 Å². The lowest BCUT2D eigenvalue weighted by molar-refractivity contribution is 0.496. The van der Waals surface area contributed by atoms with Crippen molar-refractivity contribution in [1.29, 1.82) is 0 Å². The number of hydrogen-bond donors (Lipinski definition) is 0. The normalized spacial score (nSPS) is 26.4. The minimum atomic E-state index is -2.83. The maximum Gasteiger partial charge on any atom is 0.211 e. The molecule has 0 saturated carbocycles. The molecule has 1 aromatic rings. The lowest BCUT2D eigenvalue weighted by Gasteiger charge is -2.05. The van der Waals surface area contributed by atoms with Crippen molar-refractivity contribution >= 4 is 32.4 Å². The number of aromatic nitrogens is 3. The fourth-order valence-corrected chi connectivity index (χ4v) is 3.49. The summed E-state index contributed by atoms with van der Waals surface area (Å²) in [7, 11) is -2.83. The summed E-state index contributed by atoms with van der Waals surface area (Å²) >= 11 is 2.00. The molecule has 1 aliphatic heterocycles. The predicted octanol–water partition coefficient (Wildman–Crippen LogP) is 0.242. The van der Waals surface area contributed by atoms with Gasteiger partial charge in [-0.15, -0.1) is 5.10 Å². The second-order valence-corrected chi connectivity index (χ2v) is 6.24. The average molecular weight is 313 g/mol. The van der Waals surface area contributed by atoms with Crippen LogP contribution < -0.4 is 0 Å². The topological polar surface area (TPSA) is 64.8 Å². The summed E-state index contributed by atoms with van der Waals surface area (Å²) in [5, 5.41) is 4.09. The summed E-state index contributed by atoms with van der Waals surface area (Å²) in [6.45, 7) is 0. The lowest BCUT2D eigenvalue weighted by Crippen LogP contribution is -2.11. The third-order valence-corrected chi connectivity index (χ3v) is 4.31. The van der Waals surface area contributed by atoms with Gasteiger partial charge in [0.25, 0.3) is 0 Å². The van der Waals surface area contributed by atoms with Crippen molar-refractivity contribution < 1.29 is 8.42 Å². The van der Waals surface area contributed by atoms with Crippen LogP contribution in [0.25, 0.3) is 0 Å². The van der Waals surface area contributed by atoms with Gasteiger partial charge >= 0.3 is 0 Å². The molecular formula is C6H8IN3O2S. The molecule has 2 heterocycles. The van der Waals surface area contributed by atoms with Crippen LogP contribution in [0.2, 0.25) is 0 Å². The van der Waals surface area contributed by atoms with Crippen LogP contribution in [0, 0.1) is 3.83 Å². The van der Waals surface area contributed by atoms with Gasteiger partial charge in [0.15, 0.2) is 9.84 Å². The number of rotatable bonds is 1. The molecular weight excluding hydrogens is 305 g/mol. The lowest BCUT2D eigenvalue weighted by atomic mass is 10.3. The second kappa shape index (κ2) is 3.19. The number of halogens is 1. The maximum absolute atomic E-state index is 11.2. The SMILES string of the molecule is O=S1(=O)CC[C@@H](n2cnc(I)n2)C1. The first kappa shape index (κ1) is 9.38. The molecule has 1 aromatic heterocycles. The molecule has 1 aliphatic rings. The van der Waals surface area contributed by atoms with E-state index < -0.39 is 9.84 Å². The molecule has 1 atom stereocenters. The Hall–Kier alpha value is -0.180. The third-order valence-electron chi connectivity index (χ3n) is 2.06. The minimum Gasteiger partial charge on any atom is -0.248 e. The minimum absolute atomic E-state index is 0.0129. The summed E-state index contributed by atoms with van der Waals surface area (Å²) in [5.74, 6) is 0.473. The van der Waals surface area contributed by atoms with E-state index in [0.717, 1.165) is 0 Å². The molecule has 0 N–H and O–H groups in total. The Balaban J connectivity index is 2.21. The zero-order valence-electron chi connectivity index (χ0n) is 6.72. The molecule has 0 amide bonds. The van der Waals surface area contributed by atoms with Gasteiger partial charge in [-0.25, -0.2) is 18.1 Å². The molecule has 0 aromatic carbocycles. The van der Waals surface area contributed by atoms with Crippen molar-refractivity contribution in [2.24, 2.45) is 0 Å². The molecule has 0 radical (unpaired) electrons. The van der Waals surface area contributed by atoms with E-state index in [4.69, 9.17) is 0 Å². The van der Waals surface area contributed by atoms with E-state index in [1.165, 1.54) is 0 Å². The zero-order valence-corrected chi connectivity index (χ0v) is 9.69. The third kappa shape index (κ3) is 2.01. The summed E-state index contributed by atoms with van der Waals surface area (Å²) < 4.78 is 24.6. The van der Waals surface area contributed by atoms with Crippen LogP contribution in [0.5, 0.6) is 0 Å². The fraction of sp³-hybridized carbons (Fsp3) is 0.667. The van der Waals surface area contributed by atoms with E-state index in [9.17, 15) is 8.42 Å². The van der Waals surface area contributed by atoms with Gasteiger partial charge in [0.2, 0.25) is 3.83 Å². The Kier molecular flexibility index (Phi) is 2.30. The highest BCUT2D eigenvalue weighted by atomic mass is 127. The van der Waals surface area contributed by atoms with Crippen LogP contribution >= 0.6 is 22.6 Å². The summed E-state index contributed by atoms with van der Waals surface area (Å²) in [6, 6.07) is -0.0129. The van der Waals surface area contributed by atoms with Crippen LogP contribution in [0.15, 0.2) is 6.33 Å². The highest BCUT2D eigenvalue weighted by Crippen LogP contribution is 2.22. The summed E-state index contributed by atoms with van der Waals surface area (Å²) in [4.78, 5) is 3.95. The van der Waals surface area contributed by atoms with Crippen LogP contribution in [0.3, 0.4) is 0 Å². The number of nitrogens with zero attached hydrogens (tertiary/aromatic N) is 3. The van der Waals surface area contributed by atoms with Crippen molar-refractivity contribution in [2.75, 3.05) is 11.5 Å². The molecule has 2 rings (SSSR count). The average Bonchev–Trinajstić information content (AvgIpc) is 2.56. The van der Waals surface area contributed by atoms with Crippen LogP contribution in [-0.2, 0) is 9.84 Å². The van der Waals surface area contributed by atoms with Gasteiger partial charge in [-0.1, -0.05) is 0 Å². The summed E-state index contributed by atoms with van der Waals surface area (Å²) in [6.07, 6.45) is 2.25. The van der Waals surface area contributed by atoms with E-state index in [0.29, 0.717) is 10.3 Å². The quantitative estimate of drug-likeness (QED) is 0.697. The first-order chi connectivity index (χ1) is 6.07. The maximum atomic E-state index is 11.2. The van der Waals surface area contributed by atoms with Gasteiger partial charge in [0.05, 0.1) is 17.5 Å². The van der Waals surface area contributed by atoms with Crippen molar-refractivity contribution in [3.63, 3.8) is 0 Å². The van der Waals surface area contributed by atoms with Crippen molar-refractivity contribution in [1.82, 2.24) is 14.8 Å². The smallest absolute Gasteiger partial charge is 0.211 e. The van der Waals surface area contributed by atoms with E-state index in [1.807, 2.05) is 22.6 Å². The molecule has 0 bridgehead atoms. The molecule has 5 nitrogen and oxygen atoms in total. The molecule has 1 fully saturated rings. The monoisotopic (exact) mass is 313 g/mol. The molecule has 0 spiro atoms. The first-order valence-electron chi connectivity index (χ1n) is 3.84. The van der Waals surface area contributed by atoms with Crippen molar-refractivity contribution in [3.05, 3.63) is 10.2 Å². The number of hydrogen-bond acceptors (Lipinski definition) is 4. The van der Waals surface area contributed by atoms with Crippen molar-refractivity contribution in [3.8, 4) is 0 Å².